The minimum absolute atomic E-state index is 0.000760. The van der Waals surface area contributed by atoms with Crippen LogP contribution in [0, 0.1) is 0 Å². The lowest BCUT2D eigenvalue weighted by Gasteiger charge is -2.10. The van der Waals surface area contributed by atoms with Gasteiger partial charge in [0.25, 0.3) is 5.91 Å². The maximum absolute atomic E-state index is 11.9. The summed E-state index contributed by atoms with van der Waals surface area (Å²) in [5.74, 6) is -0.751. The van der Waals surface area contributed by atoms with E-state index in [-0.39, 0.29) is 17.6 Å². The smallest absolute Gasteiger partial charge is 0.255 e. The molecule has 108 valence electrons. The number of nitrogens with one attached hydrogen (secondary N) is 1. The van der Waals surface area contributed by atoms with Gasteiger partial charge in [-0.05, 0) is 25.0 Å². The van der Waals surface area contributed by atoms with Crippen molar-refractivity contribution in [2.24, 2.45) is 22.2 Å². The van der Waals surface area contributed by atoms with Crippen LogP contribution in [0.1, 0.15) is 23.2 Å². The van der Waals surface area contributed by atoms with Gasteiger partial charge in [-0.15, -0.1) is 0 Å². The third-order valence-electron chi connectivity index (χ3n) is 2.49. The largest absolute Gasteiger partial charge is 0.494 e. The summed E-state index contributed by atoms with van der Waals surface area (Å²) < 4.78 is 0. The molecular formula is C13H19N5O2. The van der Waals surface area contributed by atoms with Gasteiger partial charge in [0.2, 0.25) is 5.88 Å². The molecule has 0 aliphatic rings. The van der Waals surface area contributed by atoms with E-state index in [9.17, 15) is 9.90 Å². The van der Waals surface area contributed by atoms with Crippen molar-refractivity contribution in [2.75, 3.05) is 6.54 Å². The number of rotatable bonds is 6. The van der Waals surface area contributed by atoms with Crippen molar-refractivity contribution in [3.63, 3.8) is 0 Å². The summed E-state index contributed by atoms with van der Waals surface area (Å²) in [7, 11) is 0. The number of amides is 1. The Kier molecular flexibility index (Phi) is 5.89. The number of nitrogens with two attached hydrogens (primary N) is 3. The maximum atomic E-state index is 11.9. The van der Waals surface area contributed by atoms with E-state index in [1.54, 1.807) is 24.3 Å². The Hall–Kier alpha value is -2.70. The minimum atomic E-state index is -0.418. The van der Waals surface area contributed by atoms with Crippen molar-refractivity contribution in [3.05, 3.63) is 47.5 Å². The van der Waals surface area contributed by atoms with Crippen molar-refractivity contribution >= 4 is 11.9 Å². The molecule has 0 aliphatic heterocycles. The molecule has 0 spiro atoms. The van der Waals surface area contributed by atoms with E-state index in [0.717, 1.165) is 0 Å². The summed E-state index contributed by atoms with van der Waals surface area (Å²) in [4.78, 5) is 15.7. The van der Waals surface area contributed by atoms with Crippen LogP contribution in [0.15, 0.2) is 46.9 Å². The molecule has 0 atom stereocenters. The number of hydrogen-bond donors (Lipinski definition) is 5. The molecule has 20 heavy (non-hydrogen) atoms. The third kappa shape index (κ3) is 5.30. The lowest BCUT2D eigenvalue weighted by molar-refractivity contribution is 0.0962. The third-order valence-corrected chi connectivity index (χ3v) is 2.49. The number of hydrogen-bond acceptors (Lipinski definition) is 4. The van der Waals surface area contributed by atoms with Crippen molar-refractivity contribution in [1.82, 2.24) is 5.32 Å². The zero-order valence-corrected chi connectivity index (χ0v) is 11.0. The standard InChI is InChI=1S/C13H19N5O2/c14-11(19)10(7-4-8-17-13(15)16)18-12(20)9-5-2-1-3-6-9/h1-3,5-6,19H,4,7-8,14H2,(H,18,20)(H4,15,16,17)/b11-10+. The highest BCUT2D eigenvalue weighted by Crippen LogP contribution is 2.06. The number of carbonyl (C=O) groups excluding carboxylic acids is 1. The molecule has 1 aromatic carbocycles. The van der Waals surface area contributed by atoms with Crippen LogP contribution in [-0.4, -0.2) is 23.5 Å². The first kappa shape index (κ1) is 15.4. The summed E-state index contributed by atoms with van der Waals surface area (Å²) in [5.41, 5.74) is 16.5. The Balaban J connectivity index is 2.59. The van der Waals surface area contributed by atoms with E-state index in [1.165, 1.54) is 0 Å². The molecule has 0 saturated heterocycles. The van der Waals surface area contributed by atoms with Gasteiger partial charge in [-0.2, -0.15) is 0 Å². The Bertz CT molecular complexity index is 503. The Morgan fingerprint density at radius 2 is 1.85 bits per heavy atom. The van der Waals surface area contributed by atoms with E-state index < -0.39 is 5.88 Å². The first-order chi connectivity index (χ1) is 9.50. The van der Waals surface area contributed by atoms with Crippen LogP contribution in [0.25, 0.3) is 0 Å². The number of aliphatic hydroxyl groups excluding tert-OH is 1. The molecular weight excluding hydrogens is 258 g/mol. The van der Waals surface area contributed by atoms with Gasteiger partial charge in [0.15, 0.2) is 5.96 Å². The topological polar surface area (TPSA) is 140 Å². The number of aliphatic hydroxyl groups is 1. The first-order valence-corrected chi connectivity index (χ1v) is 6.10. The molecule has 1 amide bonds. The van der Waals surface area contributed by atoms with Crippen molar-refractivity contribution in [1.29, 1.82) is 0 Å². The second kappa shape index (κ2) is 7.67. The van der Waals surface area contributed by atoms with Crippen LogP contribution >= 0.6 is 0 Å². The SMILES string of the molecule is NC(N)=NCCC/C(NC(=O)c1ccccc1)=C(/N)O. The average molecular weight is 277 g/mol. The van der Waals surface area contributed by atoms with Crippen molar-refractivity contribution in [3.8, 4) is 0 Å². The average Bonchev–Trinajstić information content (AvgIpc) is 2.42. The second-order valence-electron chi connectivity index (χ2n) is 4.09. The minimum Gasteiger partial charge on any atom is -0.494 e. The van der Waals surface area contributed by atoms with Gasteiger partial charge >= 0.3 is 0 Å². The van der Waals surface area contributed by atoms with Crippen LogP contribution in [0.4, 0.5) is 0 Å². The van der Waals surface area contributed by atoms with Crippen LogP contribution in [0.2, 0.25) is 0 Å². The fourth-order valence-corrected chi connectivity index (χ4v) is 1.52. The second-order valence-corrected chi connectivity index (χ2v) is 4.09. The van der Waals surface area contributed by atoms with Crippen LogP contribution in [0.5, 0.6) is 0 Å². The number of carbonyl (C=O) groups is 1. The number of aliphatic imine (C=N–C) groups is 1. The fraction of sp³-hybridized carbons (Fsp3) is 0.231. The van der Waals surface area contributed by atoms with Crippen molar-refractivity contribution < 1.29 is 9.90 Å². The number of allylic oxidation sites excluding steroid dienone is 1. The molecule has 0 bridgehead atoms. The van der Waals surface area contributed by atoms with Crippen LogP contribution in [0.3, 0.4) is 0 Å². The molecule has 7 heteroatoms. The quantitative estimate of drug-likeness (QED) is 0.218. The number of benzene rings is 1. The Morgan fingerprint density at radius 1 is 1.20 bits per heavy atom. The lowest BCUT2D eigenvalue weighted by Crippen LogP contribution is -2.26. The number of nitrogens with zero attached hydrogens (tertiary/aromatic N) is 1. The van der Waals surface area contributed by atoms with E-state index in [2.05, 4.69) is 10.3 Å². The first-order valence-electron chi connectivity index (χ1n) is 6.10. The molecule has 0 aromatic heterocycles. The van der Waals surface area contributed by atoms with E-state index in [1.807, 2.05) is 6.07 Å². The summed E-state index contributed by atoms with van der Waals surface area (Å²) in [6, 6.07) is 8.64. The molecule has 0 aliphatic carbocycles. The Morgan fingerprint density at radius 3 is 2.40 bits per heavy atom. The van der Waals surface area contributed by atoms with Gasteiger partial charge < -0.3 is 27.6 Å². The highest BCUT2D eigenvalue weighted by molar-refractivity contribution is 5.95. The fourth-order valence-electron chi connectivity index (χ4n) is 1.52. The molecule has 7 nitrogen and oxygen atoms in total. The molecule has 0 radical (unpaired) electrons. The number of guanidine groups is 1. The molecule has 0 heterocycles. The van der Waals surface area contributed by atoms with E-state index >= 15 is 0 Å². The van der Waals surface area contributed by atoms with Gasteiger partial charge in [0, 0.05) is 12.1 Å². The predicted molar refractivity (Wildman–Crippen MR) is 77.7 cm³/mol. The maximum Gasteiger partial charge on any atom is 0.255 e. The lowest BCUT2D eigenvalue weighted by atomic mass is 10.2. The van der Waals surface area contributed by atoms with Crippen molar-refractivity contribution in [2.45, 2.75) is 12.8 Å². The van der Waals surface area contributed by atoms with Crippen LogP contribution < -0.4 is 22.5 Å². The van der Waals surface area contributed by atoms with Gasteiger partial charge in [-0.3, -0.25) is 9.79 Å². The monoisotopic (exact) mass is 277 g/mol. The molecule has 0 saturated carbocycles. The molecule has 0 unspecified atom stereocenters. The van der Waals surface area contributed by atoms with Gasteiger partial charge in [0.05, 0.1) is 5.70 Å². The summed E-state index contributed by atoms with van der Waals surface area (Å²) in [5, 5.41) is 11.9. The van der Waals surface area contributed by atoms with Gasteiger partial charge in [-0.25, -0.2) is 0 Å². The zero-order valence-electron chi connectivity index (χ0n) is 11.0. The van der Waals surface area contributed by atoms with Crippen LogP contribution in [-0.2, 0) is 0 Å². The normalized spacial score (nSPS) is 11.4. The van der Waals surface area contributed by atoms with Gasteiger partial charge in [-0.1, -0.05) is 18.2 Å². The molecule has 0 fully saturated rings. The predicted octanol–water partition coefficient (Wildman–Crippen LogP) is 0.156. The highest BCUT2D eigenvalue weighted by Gasteiger charge is 2.10. The summed E-state index contributed by atoms with van der Waals surface area (Å²) in [6.45, 7) is 0.389. The Labute approximate surface area is 117 Å². The van der Waals surface area contributed by atoms with Gasteiger partial charge in [0.1, 0.15) is 0 Å². The highest BCUT2D eigenvalue weighted by atomic mass is 16.3. The van der Waals surface area contributed by atoms with E-state index in [4.69, 9.17) is 17.2 Å². The molecule has 1 aromatic rings. The molecule has 1 rings (SSSR count). The molecule has 8 N–H and O–H groups in total. The zero-order chi connectivity index (χ0) is 15.0. The summed E-state index contributed by atoms with van der Waals surface area (Å²) in [6.07, 6.45) is 0.904. The summed E-state index contributed by atoms with van der Waals surface area (Å²) >= 11 is 0. The van der Waals surface area contributed by atoms with E-state index in [0.29, 0.717) is 24.9 Å².